The molecule has 1 saturated heterocycles. The van der Waals surface area contributed by atoms with Crippen LogP contribution in [0.2, 0.25) is 0 Å². The van der Waals surface area contributed by atoms with Crippen LogP contribution in [-0.2, 0) is 11.8 Å². The number of aromatic nitrogens is 2. The zero-order valence-corrected chi connectivity index (χ0v) is 14.1. The van der Waals surface area contributed by atoms with E-state index in [0.29, 0.717) is 18.9 Å². The summed E-state index contributed by atoms with van der Waals surface area (Å²) in [5, 5.41) is 9.04. The molecular weight excluding hydrogens is 312 g/mol. The number of rotatable bonds is 3. The molecule has 0 aliphatic carbocycles. The van der Waals surface area contributed by atoms with Crippen LogP contribution < -0.4 is 5.32 Å². The predicted molar refractivity (Wildman–Crippen MR) is 89.5 cm³/mol. The number of carbonyl (C=O) groups excluding carboxylic acids is 2. The van der Waals surface area contributed by atoms with Crippen LogP contribution in [-0.4, -0.2) is 39.6 Å². The van der Waals surface area contributed by atoms with Gasteiger partial charge in [0.05, 0.1) is 16.5 Å². The smallest absolute Gasteiger partial charge is 0.263 e. The first-order valence-electron chi connectivity index (χ1n) is 7.69. The van der Waals surface area contributed by atoms with E-state index in [1.807, 2.05) is 30.5 Å². The van der Waals surface area contributed by atoms with Crippen molar-refractivity contribution in [2.75, 3.05) is 18.4 Å². The molecule has 6 nitrogen and oxygen atoms in total. The number of thiophene rings is 1. The fourth-order valence-corrected chi connectivity index (χ4v) is 3.58. The van der Waals surface area contributed by atoms with Gasteiger partial charge in [0.15, 0.2) is 0 Å². The van der Waals surface area contributed by atoms with E-state index in [9.17, 15) is 9.59 Å². The van der Waals surface area contributed by atoms with Crippen LogP contribution in [0, 0.1) is 12.8 Å². The molecule has 0 radical (unpaired) electrons. The number of carbonyl (C=O) groups is 2. The third-order valence-corrected chi connectivity index (χ3v) is 4.92. The van der Waals surface area contributed by atoms with E-state index in [0.717, 1.165) is 23.4 Å². The number of nitrogens with zero attached hydrogens (tertiary/aromatic N) is 3. The summed E-state index contributed by atoms with van der Waals surface area (Å²) in [6.45, 7) is 3.07. The van der Waals surface area contributed by atoms with Gasteiger partial charge in [-0.15, -0.1) is 11.3 Å². The van der Waals surface area contributed by atoms with E-state index in [1.54, 1.807) is 16.6 Å². The molecule has 3 heterocycles. The van der Waals surface area contributed by atoms with Crippen molar-refractivity contribution < 1.29 is 9.59 Å². The monoisotopic (exact) mass is 332 g/mol. The van der Waals surface area contributed by atoms with Gasteiger partial charge in [0, 0.05) is 26.2 Å². The molecular formula is C16H20N4O2S. The fraction of sp³-hybridized carbons (Fsp3) is 0.438. The molecule has 0 saturated carbocycles. The number of anilines is 1. The molecule has 2 aromatic heterocycles. The van der Waals surface area contributed by atoms with E-state index in [2.05, 4.69) is 10.4 Å². The molecule has 1 N–H and O–H groups in total. The molecule has 122 valence electrons. The Labute approximate surface area is 139 Å². The Morgan fingerprint density at radius 1 is 1.43 bits per heavy atom. The van der Waals surface area contributed by atoms with Crippen LogP contribution in [0.5, 0.6) is 0 Å². The van der Waals surface area contributed by atoms with Gasteiger partial charge in [-0.3, -0.25) is 14.3 Å². The number of likely N-dealkylation sites (tertiary alicyclic amines) is 1. The maximum Gasteiger partial charge on any atom is 0.263 e. The van der Waals surface area contributed by atoms with Crippen LogP contribution >= 0.6 is 11.3 Å². The summed E-state index contributed by atoms with van der Waals surface area (Å²) < 4.78 is 1.66. The van der Waals surface area contributed by atoms with Gasteiger partial charge in [-0.05, 0) is 31.2 Å². The van der Waals surface area contributed by atoms with Crippen molar-refractivity contribution in [1.82, 2.24) is 14.7 Å². The van der Waals surface area contributed by atoms with Crippen molar-refractivity contribution in [2.45, 2.75) is 19.8 Å². The summed E-state index contributed by atoms with van der Waals surface area (Å²) in [6, 6.07) is 5.54. The highest BCUT2D eigenvalue weighted by Crippen LogP contribution is 2.22. The van der Waals surface area contributed by atoms with Gasteiger partial charge in [-0.1, -0.05) is 6.07 Å². The lowest BCUT2D eigenvalue weighted by Crippen LogP contribution is -2.43. The standard InChI is InChI=1S/C16H20N4O2S/c1-11-9-14(19(2)18-11)17-15(21)12-5-3-7-20(10-12)16(22)13-6-4-8-23-13/h4,6,8-9,12H,3,5,7,10H2,1-2H3,(H,17,21)/t12-/m1/s1. The minimum Gasteiger partial charge on any atom is -0.337 e. The van der Waals surface area contributed by atoms with Crippen molar-refractivity contribution >= 4 is 29.0 Å². The number of nitrogens with one attached hydrogen (secondary N) is 1. The van der Waals surface area contributed by atoms with Gasteiger partial charge in [0.2, 0.25) is 5.91 Å². The predicted octanol–water partition coefficient (Wildman–Crippen LogP) is 2.28. The SMILES string of the molecule is Cc1cc(NC(=O)[C@@H]2CCCN(C(=O)c3cccs3)C2)n(C)n1. The molecule has 0 bridgehead atoms. The van der Waals surface area contributed by atoms with E-state index >= 15 is 0 Å². The van der Waals surface area contributed by atoms with Gasteiger partial charge >= 0.3 is 0 Å². The van der Waals surface area contributed by atoms with Gasteiger partial charge in [-0.2, -0.15) is 5.10 Å². The zero-order chi connectivity index (χ0) is 16.4. The minimum atomic E-state index is -0.178. The van der Waals surface area contributed by atoms with Crippen molar-refractivity contribution in [3.05, 3.63) is 34.2 Å². The Balaban J connectivity index is 1.65. The summed E-state index contributed by atoms with van der Waals surface area (Å²) >= 11 is 1.44. The number of hydrogen-bond donors (Lipinski definition) is 1. The van der Waals surface area contributed by atoms with Crippen LogP contribution in [0.4, 0.5) is 5.82 Å². The highest BCUT2D eigenvalue weighted by molar-refractivity contribution is 7.12. The molecule has 2 aromatic rings. The summed E-state index contributed by atoms with van der Waals surface area (Å²) in [7, 11) is 1.80. The number of aryl methyl sites for hydroxylation is 2. The lowest BCUT2D eigenvalue weighted by atomic mass is 9.97. The molecule has 0 spiro atoms. The summed E-state index contributed by atoms with van der Waals surface area (Å²) in [6.07, 6.45) is 1.65. The Morgan fingerprint density at radius 2 is 2.26 bits per heavy atom. The van der Waals surface area contributed by atoms with Crippen molar-refractivity contribution in [3.8, 4) is 0 Å². The minimum absolute atomic E-state index is 0.0221. The van der Waals surface area contributed by atoms with E-state index in [1.165, 1.54) is 11.3 Å². The molecule has 1 aliphatic rings. The first-order valence-corrected chi connectivity index (χ1v) is 8.57. The van der Waals surface area contributed by atoms with E-state index in [-0.39, 0.29) is 17.7 Å². The third kappa shape index (κ3) is 3.44. The summed E-state index contributed by atoms with van der Waals surface area (Å²) in [5.74, 6) is 0.489. The van der Waals surface area contributed by atoms with Crippen molar-refractivity contribution in [1.29, 1.82) is 0 Å². The molecule has 7 heteroatoms. The van der Waals surface area contributed by atoms with Crippen molar-refractivity contribution in [3.63, 3.8) is 0 Å². The Bertz CT molecular complexity index is 708. The highest BCUT2D eigenvalue weighted by atomic mass is 32.1. The largest absolute Gasteiger partial charge is 0.337 e. The Kier molecular flexibility index (Phi) is 4.47. The number of amides is 2. The summed E-state index contributed by atoms with van der Waals surface area (Å²) in [5.41, 5.74) is 0.862. The fourth-order valence-electron chi connectivity index (χ4n) is 2.89. The second-order valence-corrected chi connectivity index (χ2v) is 6.80. The first kappa shape index (κ1) is 15.7. The van der Waals surface area contributed by atoms with Gasteiger partial charge < -0.3 is 10.2 Å². The molecule has 23 heavy (non-hydrogen) atoms. The molecule has 1 atom stereocenters. The van der Waals surface area contributed by atoms with Crippen LogP contribution in [0.3, 0.4) is 0 Å². The van der Waals surface area contributed by atoms with Gasteiger partial charge in [0.1, 0.15) is 5.82 Å². The van der Waals surface area contributed by atoms with E-state index < -0.39 is 0 Å². The van der Waals surface area contributed by atoms with Crippen molar-refractivity contribution in [2.24, 2.45) is 13.0 Å². The molecule has 1 fully saturated rings. The molecule has 0 aromatic carbocycles. The van der Waals surface area contributed by atoms with Crippen LogP contribution in [0.15, 0.2) is 23.6 Å². The average Bonchev–Trinajstić information content (AvgIpc) is 3.17. The first-order chi connectivity index (χ1) is 11.0. The normalized spacial score (nSPS) is 18.0. The molecule has 1 aliphatic heterocycles. The second kappa shape index (κ2) is 6.54. The lowest BCUT2D eigenvalue weighted by Gasteiger charge is -2.31. The maximum atomic E-state index is 12.5. The lowest BCUT2D eigenvalue weighted by molar-refractivity contribution is -0.121. The Morgan fingerprint density at radius 3 is 2.91 bits per heavy atom. The highest BCUT2D eigenvalue weighted by Gasteiger charge is 2.29. The number of piperidine rings is 1. The quantitative estimate of drug-likeness (QED) is 0.938. The van der Waals surface area contributed by atoms with Crippen LogP contribution in [0.25, 0.3) is 0 Å². The average molecular weight is 332 g/mol. The van der Waals surface area contributed by atoms with Gasteiger partial charge in [-0.25, -0.2) is 0 Å². The molecule has 0 unspecified atom stereocenters. The second-order valence-electron chi connectivity index (χ2n) is 5.85. The van der Waals surface area contributed by atoms with Crippen LogP contribution in [0.1, 0.15) is 28.2 Å². The maximum absolute atomic E-state index is 12.5. The third-order valence-electron chi connectivity index (χ3n) is 4.06. The molecule has 2 amide bonds. The van der Waals surface area contributed by atoms with E-state index in [4.69, 9.17) is 0 Å². The Hall–Kier alpha value is -2.15. The topological polar surface area (TPSA) is 67.2 Å². The summed E-state index contributed by atoms with van der Waals surface area (Å²) in [4.78, 5) is 27.4. The van der Waals surface area contributed by atoms with Gasteiger partial charge in [0.25, 0.3) is 5.91 Å². The molecule has 3 rings (SSSR count). The zero-order valence-electron chi connectivity index (χ0n) is 13.3. The number of hydrogen-bond acceptors (Lipinski definition) is 4.